The van der Waals surface area contributed by atoms with Gasteiger partial charge >= 0.3 is 6.03 Å². The fourth-order valence-electron chi connectivity index (χ4n) is 3.67. The van der Waals surface area contributed by atoms with Crippen LogP contribution in [0.25, 0.3) is 0 Å². The zero-order chi connectivity index (χ0) is 17.2. The molecule has 2 fully saturated rings. The second kappa shape index (κ2) is 6.75. The summed E-state index contributed by atoms with van der Waals surface area (Å²) < 4.78 is 0. The van der Waals surface area contributed by atoms with E-state index in [1.807, 2.05) is 34.9 Å². The van der Waals surface area contributed by atoms with Crippen LogP contribution in [0.4, 0.5) is 4.79 Å². The predicted molar refractivity (Wildman–Crippen MR) is 93.8 cm³/mol. The van der Waals surface area contributed by atoms with E-state index in [1.54, 1.807) is 0 Å². The van der Waals surface area contributed by atoms with E-state index < -0.39 is 0 Å². The third-order valence-electron chi connectivity index (χ3n) is 5.02. The number of carbonyl (C=O) groups excluding carboxylic acids is 1. The smallest absolute Gasteiger partial charge is 0.322 e. The summed E-state index contributed by atoms with van der Waals surface area (Å²) in [5.74, 6) is 6.23. The number of amides is 2. The number of carbonyl (C=O) groups is 1. The van der Waals surface area contributed by atoms with E-state index in [4.69, 9.17) is 4.84 Å². The number of hydrogen-bond acceptors (Lipinski definition) is 4. The SMILES string of the molecule is Cc1cccc(C#CC2=NOC3C2CCN3C(=O)N2CCCCC2)n1. The van der Waals surface area contributed by atoms with Crippen LogP contribution in [0, 0.1) is 24.7 Å². The molecule has 0 spiro atoms. The molecule has 0 bridgehead atoms. The Balaban J connectivity index is 1.44. The lowest BCUT2D eigenvalue weighted by molar-refractivity contribution is -0.0147. The molecule has 0 aliphatic carbocycles. The molecular formula is C19H22N4O2. The van der Waals surface area contributed by atoms with Crippen molar-refractivity contribution in [1.82, 2.24) is 14.8 Å². The molecule has 0 saturated carbocycles. The highest BCUT2D eigenvalue weighted by Gasteiger charge is 2.46. The number of aryl methyl sites for hydroxylation is 1. The summed E-state index contributed by atoms with van der Waals surface area (Å²) in [5.41, 5.74) is 2.39. The molecule has 2 unspecified atom stereocenters. The van der Waals surface area contributed by atoms with Crippen molar-refractivity contribution in [1.29, 1.82) is 0 Å². The molecule has 2 saturated heterocycles. The minimum atomic E-state index is -0.302. The topological polar surface area (TPSA) is 58.0 Å². The van der Waals surface area contributed by atoms with Gasteiger partial charge in [-0.3, -0.25) is 4.90 Å². The molecule has 1 aromatic rings. The maximum absolute atomic E-state index is 12.7. The zero-order valence-corrected chi connectivity index (χ0v) is 14.4. The van der Waals surface area contributed by atoms with Gasteiger partial charge in [0.1, 0.15) is 11.4 Å². The van der Waals surface area contributed by atoms with Crippen LogP contribution in [0.3, 0.4) is 0 Å². The average molecular weight is 338 g/mol. The van der Waals surface area contributed by atoms with Crippen LogP contribution in [0.2, 0.25) is 0 Å². The van der Waals surface area contributed by atoms with E-state index in [0.717, 1.165) is 49.5 Å². The third-order valence-corrected chi connectivity index (χ3v) is 5.02. The molecule has 0 aromatic carbocycles. The Morgan fingerprint density at radius 3 is 2.84 bits per heavy atom. The van der Waals surface area contributed by atoms with Gasteiger partial charge in [0.05, 0.1) is 5.92 Å². The van der Waals surface area contributed by atoms with Gasteiger partial charge in [0, 0.05) is 25.3 Å². The number of rotatable bonds is 0. The molecule has 130 valence electrons. The van der Waals surface area contributed by atoms with Crippen LogP contribution in [-0.4, -0.2) is 52.4 Å². The Bertz CT molecular complexity index is 758. The van der Waals surface area contributed by atoms with Crippen LogP contribution in [-0.2, 0) is 4.84 Å². The molecule has 6 heteroatoms. The van der Waals surface area contributed by atoms with Gasteiger partial charge in [-0.05, 0) is 56.6 Å². The molecule has 0 radical (unpaired) electrons. The maximum atomic E-state index is 12.7. The van der Waals surface area contributed by atoms with E-state index in [2.05, 4.69) is 22.0 Å². The molecule has 25 heavy (non-hydrogen) atoms. The van der Waals surface area contributed by atoms with Crippen LogP contribution in [0.15, 0.2) is 23.4 Å². The Morgan fingerprint density at radius 1 is 1.20 bits per heavy atom. The lowest BCUT2D eigenvalue weighted by Crippen LogP contribution is -2.48. The van der Waals surface area contributed by atoms with Crippen molar-refractivity contribution in [3.63, 3.8) is 0 Å². The maximum Gasteiger partial charge on any atom is 0.322 e. The van der Waals surface area contributed by atoms with Crippen molar-refractivity contribution >= 4 is 11.7 Å². The van der Waals surface area contributed by atoms with Crippen molar-refractivity contribution < 1.29 is 9.63 Å². The van der Waals surface area contributed by atoms with Gasteiger partial charge in [0.2, 0.25) is 6.23 Å². The van der Waals surface area contributed by atoms with Gasteiger partial charge in [-0.15, -0.1) is 0 Å². The lowest BCUT2D eigenvalue weighted by Gasteiger charge is -2.32. The summed E-state index contributed by atoms with van der Waals surface area (Å²) in [6.07, 6.45) is 3.93. The Morgan fingerprint density at radius 2 is 2.04 bits per heavy atom. The first-order valence-corrected chi connectivity index (χ1v) is 8.97. The molecule has 3 aliphatic heterocycles. The molecular weight excluding hydrogens is 316 g/mol. The van der Waals surface area contributed by atoms with Gasteiger partial charge in [0.25, 0.3) is 0 Å². The average Bonchev–Trinajstić information content (AvgIpc) is 3.22. The summed E-state index contributed by atoms with van der Waals surface area (Å²) in [4.78, 5) is 26.5. The molecule has 2 atom stereocenters. The second-order valence-corrected chi connectivity index (χ2v) is 6.81. The minimum absolute atomic E-state index is 0.0750. The fourth-order valence-corrected chi connectivity index (χ4v) is 3.67. The summed E-state index contributed by atoms with van der Waals surface area (Å²) >= 11 is 0. The van der Waals surface area contributed by atoms with Crippen LogP contribution >= 0.6 is 0 Å². The number of oxime groups is 1. The van der Waals surface area contributed by atoms with Crippen LogP contribution < -0.4 is 0 Å². The Kier molecular flexibility index (Phi) is 4.31. The van der Waals surface area contributed by atoms with Gasteiger partial charge in [-0.2, -0.15) is 0 Å². The number of nitrogens with zero attached hydrogens (tertiary/aromatic N) is 4. The quantitative estimate of drug-likeness (QED) is 0.683. The highest BCUT2D eigenvalue weighted by atomic mass is 16.7. The number of piperidine rings is 1. The monoisotopic (exact) mass is 338 g/mol. The van der Waals surface area contributed by atoms with Crippen molar-refractivity contribution in [3.8, 4) is 11.8 Å². The van der Waals surface area contributed by atoms with Gasteiger partial charge < -0.3 is 9.74 Å². The Hall–Kier alpha value is -2.55. The van der Waals surface area contributed by atoms with E-state index in [0.29, 0.717) is 6.54 Å². The highest BCUT2D eigenvalue weighted by Crippen LogP contribution is 2.32. The van der Waals surface area contributed by atoms with Crippen LogP contribution in [0.1, 0.15) is 37.1 Å². The second-order valence-electron chi connectivity index (χ2n) is 6.81. The van der Waals surface area contributed by atoms with E-state index in [1.165, 1.54) is 6.42 Å². The number of fused-ring (bicyclic) bond motifs is 1. The molecule has 0 N–H and O–H groups in total. The van der Waals surface area contributed by atoms with Crippen LogP contribution in [0.5, 0.6) is 0 Å². The van der Waals surface area contributed by atoms with E-state index in [-0.39, 0.29) is 18.2 Å². The van der Waals surface area contributed by atoms with E-state index in [9.17, 15) is 4.79 Å². The predicted octanol–water partition coefficient (Wildman–Crippen LogP) is 2.38. The fraction of sp³-hybridized carbons (Fsp3) is 0.526. The normalized spacial score (nSPS) is 24.9. The standard InChI is InChI=1S/C19H22N4O2/c1-14-6-5-7-15(20-14)8-9-17-16-10-13-23(18(16)25-21-17)19(24)22-11-3-2-4-12-22/h5-7,16,18H,2-4,10-13H2,1H3. The van der Waals surface area contributed by atoms with Gasteiger partial charge in [-0.1, -0.05) is 11.2 Å². The molecule has 4 rings (SSSR count). The minimum Gasteiger partial charge on any atom is -0.369 e. The molecule has 6 nitrogen and oxygen atoms in total. The molecule has 2 amide bonds. The van der Waals surface area contributed by atoms with Crippen molar-refractivity contribution in [2.45, 2.75) is 38.8 Å². The molecule has 1 aromatic heterocycles. The first kappa shape index (κ1) is 15.9. The molecule has 3 aliphatic rings. The van der Waals surface area contributed by atoms with Crippen molar-refractivity contribution in [2.24, 2.45) is 11.1 Å². The first-order chi connectivity index (χ1) is 12.2. The van der Waals surface area contributed by atoms with Crippen molar-refractivity contribution in [2.75, 3.05) is 19.6 Å². The summed E-state index contributed by atoms with van der Waals surface area (Å²) in [6, 6.07) is 5.85. The number of likely N-dealkylation sites (tertiary alicyclic amines) is 2. The first-order valence-electron chi connectivity index (χ1n) is 8.97. The highest BCUT2D eigenvalue weighted by molar-refractivity contribution is 6.03. The number of hydrogen-bond donors (Lipinski definition) is 0. The summed E-state index contributed by atoms with van der Waals surface area (Å²) in [7, 11) is 0. The lowest BCUT2D eigenvalue weighted by atomic mass is 10.0. The summed E-state index contributed by atoms with van der Waals surface area (Å²) in [5, 5.41) is 4.14. The Labute approximate surface area is 147 Å². The van der Waals surface area contributed by atoms with Crippen molar-refractivity contribution in [3.05, 3.63) is 29.6 Å². The van der Waals surface area contributed by atoms with Gasteiger partial charge in [0.15, 0.2) is 0 Å². The zero-order valence-electron chi connectivity index (χ0n) is 14.4. The third kappa shape index (κ3) is 3.19. The molecule has 4 heterocycles. The number of aromatic nitrogens is 1. The van der Waals surface area contributed by atoms with Gasteiger partial charge in [-0.25, -0.2) is 9.78 Å². The number of pyridine rings is 1. The largest absolute Gasteiger partial charge is 0.369 e. The number of urea groups is 1. The summed E-state index contributed by atoms with van der Waals surface area (Å²) in [6.45, 7) is 4.34. The van der Waals surface area contributed by atoms with E-state index >= 15 is 0 Å².